The van der Waals surface area contributed by atoms with Gasteiger partial charge in [0, 0.05) is 29.4 Å². The Bertz CT molecular complexity index is 852. The van der Waals surface area contributed by atoms with Crippen molar-refractivity contribution in [3.63, 3.8) is 0 Å². The minimum atomic E-state index is -0.301. The second-order valence-corrected chi connectivity index (χ2v) is 7.33. The van der Waals surface area contributed by atoms with E-state index in [1.165, 1.54) is 11.1 Å². The summed E-state index contributed by atoms with van der Waals surface area (Å²) in [6.45, 7) is 0.736. The van der Waals surface area contributed by atoms with E-state index in [0.29, 0.717) is 11.6 Å². The normalized spacial score (nSPS) is 19.5. The van der Waals surface area contributed by atoms with Gasteiger partial charge in [0.25, 0.3) is 5.91 Å². The van der Waals surface area contributed by atoms with Crippen LogP contribution in [0.3, 0.4) is 0 Å². The van der Waals surface area contributed by atoms with Crippen LogP contribution in [-0.4, -0.2) is 40.0 Å². The molecule has 2 aromatic rings. The van der Waals surface area contributed by atoms with Crippen LogP contribution in [0.4, 0.5) is 0 Å². The highest BCUT2D eigenvalue weighted by Gasteiger charge is 2.28. The molecule has 1 heterocycles. The molecule has 0 saturated heterocycles. The smallest absolute Gasteiger partial charge is 0.253 e. The number of amides is 1. The molecule has 1 aliphatic carbocycles. The lowest BCUT2D eigenvalue weighted by Gasteiger charge is -2.34. The van der Waals surface area contributed by atoms with E-state index in [2.05, 4.69) is 45.6 Å². The molecule has 0 fully saturated rings. The van der Waals surface area contributed by atoms with Crippen LogP contribution in [0.2, 0.25) is 0 Å². The van der Waals surface area contributed by atoms with Crippen molar-refractivity contribution in [1.82, 2.24) is 15.1 Å². The monoisotopic (exact) mass is 377 g/mol. The van der Waals surface area contributed by atoms with Gasteiger partial charge in [-0.15, -0.1) is 0 Å². The molecule has 4 rings (SSSR count). The fourth-order valence-corrected chi connectivity index (χ4v) is 4.06. The van der Waals surface area contributed by atoms with Crippen LogP contribution < -0.4 is 5.32 Å². The van der Waals surface area contributed by atoms with Gasteiger partial charge in [-0.3, -0.25) is 4.79 Å². The second kappa shape index (κ2) is 7.92. The third-order valence-corrected chi connectivity index (χ3v) is 5.63. The number of rotatable bonds is 5. The van der Waals surface area contributed by atoms with E-state index in [4.69, 9.17) is 12.2 Å². The zero-order chi connectivity index (χ0) is 18.6. The van der Waals surface area contributed by atoms with Gasteiger partial charge in [-0.05, 0) is 42.5 Å². The molecule has 0 spiro atoms. The summed E-state index contributed by atoms with van der Waals surface area (Å²) in [4.78, 5) is 16.9. The Hall–Kier alpha value is -2.66. The average molecular weight is 378 g/mol. The second-order valence-electron chi connectivity index (χ2n) is 7.05. The van der Waals surface area contributed by atoms with Crippen molar-refractivity contribution in [3.8, 4) is 0 Å². The minimum absolute atomic E-state index is 0.111. The van der Waals surface area contributed by atoms with Gasteiger partial charge in [-0.25, -0.2) is 0 Å². The number of nitrogens with one attached hydrogen (secondary N) is 1. The maximum absolute atomic E-state index is 12.4. The van der Waals surface area contributed by atoms with E-state index in [1.54, 1.807) is 17.5 Å². The zero-order valence-corrected chi connectivity index (χ0v) is 15.9. The zero-order valence-electron chi connectivity index (χ0n) is 15.1. The van der Waals surface area contributed by atoms with Crippen LogP contribution in [0.15, 0.2) is 67.0 Å². The van der Waals surface area contributed by atoms with Crippen molar-refractivity contribution in [3.05, 3.63) is 83.7 Å². The topological polar surface area (TPSA) is 35.6 Å². The lowest BCUT2D eigenvalue weighted by Crippen LogP contribution is -2.48. The van der Waals surface area contributed by atoms with Gasteiger partial charge < -0.3 is 15.1 Å². The Kier molecular flexibility index (Phi) is 5.21. The molecule has 1 N–H and O–H groups in total. The summed E-state index contributed by atoms with van der Waals surface area (Å²) in [5.41, 5.74) is 3.56. The minimum Gasteiger partial charge on any atom is -0.355 e. The maximum atomic E-state index is 12.4. The number of carbonyl (C=O) groups is 1. The van der Waals surface area contributed by atoms with Crippen molar-refractivity contribution in [2.24, 2.45) is 0 Å². The largest absolute Gasteiger partial charge is 0.355 e. The molecule has 0 radical (unpaired) electrons. The summed E-state index contributed by atoms with van der Waals surface area (Å²) in [5, 5.41) is 4.63. The van der Waals surface area contributed by atoms with Gasteiger partial charge in [-0.2, -0.15) is 0 Å². The number of nitrogens with zero attached hydrogens (tertiary/aromatic N) is 2. The van der Waals surface area contributed by atoms with E-state index in [9.17, 15) is 4.79 Å². The number of aryl methyl sites for hydroxylation is 1. The summed E-state index contributed by atoms with van der Waals surface area (Å²) in [5.74, 6) is -0.111. The van der Waals surface area contributed by atoms with Crippen molar-refractivity contribution >= 4 is 23.5 Å². The van der Waals surface area contributed by atoms with Crippen LogP contribution in [-0.2, 0) is 12.8 Å². The van der Waals surface area contributed by atoms with E-state index >= 15 is 0 Å². The predicted octanol–water partition coefficient (Wildman–Crippen LogP) is 3.35. The number of fused-ring (bicyclic) bond motifs is 1. The Labute approximate surface area is 165 Å². The molecule has 5 heteroatoms. The third kappa shape index (κ3) is 3.88. The number of hydrogen-bond donors (Lipinski definition) is 1. The molecular formula is C22H23N3OS. The van der Waals surface area contributed by atoms with E-state index < -0.39 is 0 Å². The quantitative estimate of drug-likeness (QED) is 0.811. The summed E-state index contributed by atoms with van der Waals surface area (Å²) in [6, 6.07) is 18.4. The average Bonchev–Trinajstić information content (AvgIpc) is 3.22. The molecule has 2 aliphatic rings. The highest BCUT2D eigenvalue weighted by atomic mass is 32.1. The standard InChI is InChI=1S/C22H23N3OS/c26-22(18-7-2-1-3-8-18)23-21(15-27)25-13-12-24(16-25)20-11-10-17-6-4-5-9-19(17)14-20/h1-9,12-13,15,20-21H,10-11,14,16H2,(H,23,26). The lowest BCUT2D eigenvalue weighted by atomic mass is 9.88. The molecule has 4 nitrogen and oxygen atoms in total. The van der Waals surface area contributed by atoms with Gasteiger partial charge in [0.05, 0.1) is 6.67 Å². The Morgan fingerprint density at radius 3 is 2.59 bits per heavy atom. The molecular weight excluding hydrogens is 354 g/mol. The molecule has 0 saturated carbocycles. The molecule has 2 unspecified atom stereocenters. The number of thiocarbonyl (C=S) groups is 1. The summed E-state index contributed by atoms with van der Waals surface area (Å²) >= 11 is 5.19. The third-order valence-electron chi connectivity index (χ3n) is 5.37. The Morgan fingerprint density at radius 2 is 1.81 bits per heavy atom. The summed E-state index contributed by atoms with van der Waals surface area (Å²) in [7, 11) is 0. The Morgan fingerprint density at radius 1 is 1.07 bits per heavy atom. The number of carbonyl (C=O) groups excluding carboxylic acids is 1. The van der Waals surface area contributed by atoms with Crippen molar-refractivity contribution in [2.45, 2.75) is 31.5 Å². The Balaban J connectivity index is 1.38. The van der Waals surface area contributed by atoms with E-state index in [0.717, 1.165) is 25.9 Å². The lowest BCUT2D eigenvalue weighted by molar-refractivity contribution is 0.0905. The van der Waals surface area contributed by atoms with E-state index in [-0.39, 0.29) is 12.1 Å². The van der Waals surface area contributed by atoms with E-state index in [1.807, 2.05) is 24.4 Å². The predicted molar refractivity (Wildman–Crippen MR) is 111 cm³/mol. The van der Waals surface area contributed by atoms with Gasteiger partial charge in [0.1, 0.15) is 6.17 Å². The first-order valence-corrected chi connectivity index (χ1v) is 9.79. The number of benzene rings is 2. The SMILES string of the molecule is O=C(NC(C=S)N1C=CN(C2CCc3ccccc3C2)C1)c1ccccc1. The van der Waals surface area contributed by atoms with Gasteiger partial charge in [0.15, 0.2) is 0 Å². The van der Waals surface area contributed by atoms with Crippen LogP contribution in [0.5, 0.6) is 0 Å². The molecule has 0 aromatic heterocycles. The summed E-state index contributed by atoms with van der Waals surface area (Å²) < 4.78 is 0. The first kappa shape index (κ1) is 17.7. The molecule has 1 aliphatic heterocycles. The van der Waals surface area contributed by atoms with Gasteiger partial charge in [-0.1, -0.05) is 54.7 Å². The van der Waals surface area contributed by atoms with Crippen molar-refractivity contribution < 1.29 is 4.79 Å². The molecule has 2 aromatic carbocycles. The first-order chi connectivity index (χ1) is 13.2. The fraction of sp³-hybridized carbons (Fsp3) is 0.273. The molecule has 1 amide bonds. The maximum Gasteiger partial charge on any atom is 0.253 e. The van der Waals surface area contributed by atoms with Gasteiger partial charge in [0.2, 0.25) is 0 Å². The number of hydrogen-bond acceptors (Lipinski definition) is 4. The highest BCUT2D eigenvalue weighted by molar-refractivity contribution is 7.79. The van der Waals surface area contributed by atoms with Crippen LogP contribution in [0.25, 0.3) is 0 Å². The first-order valence-electron chi connectivity index (χ1n) is 9.32. The summed E-state index contributed by atoms with van der Waals surface area (Å²) in [6.07, 6.45) is 7.18. The van der Waals surface area contributed by atoms with Crippen LogP contribution in [0, 0.1) is 0 Å². The molecule has 138 valence electrons. The van der Waals surface area contributed by atoms with Crippen molar-refractivity contribution in [1.29, 1.82) is 0 Å². The molecule has 0 bridgehead atoms. The molecule has 27 heavy (non-hydrogen) atoms. The van der Waals surface area contributed by atoms with Gasteiger partial charge >= 0.3 is 0 Å². The van der Waals surface area contributed by atoms with Crippen LogP contribution >= 0.6 is 12.2 Å². The van der Waals surface area contributed by atoms with Crippen LogP contribution in [0.1, 0.15) is 27.9 Å². The van der Waals surface area contributed by atoms with Crippen molar-refractivity contribution in [2.75, 3.05) is 6.67 Å². The fourth-order valence-electron chi connectivity index (χ4n) is 3.84. The highest BCUT2D eigenvalue weighted by Crippen LogP contribution is 2.26. The molecule has 2 atom stereocenters.